The van der Waals surface area contributed by atoms with Gasteiger partial charge in [-0.1, -0.05) is 6.42 Å². The molecule has 152 valence electrons. The van der Waals surface area contributed by atoms with Crippen LogP contribution in [-0.4, -0.2) is 30.4 Å². The van der Waals surface area contributed by atoms with Crippen molar-refractivity contribution in [3.8, 4) is 0 Å². The second-order valence-electron chi connectivity index (χ2n) is 7.75. The summed E-state index contributed by atoms with van der Waals surface area (Å²) in [6.07, 6.45) is 5.17. The minimum Gasteiger partial charge on any atom is -0.468 e. The molecule has 0 unspecified atom stereocenters. The SMILES string of the molecule is Cc1cc2oc(C(=O)NC[C@@H](c3ccco3)N3CCCCC3)cc(=O)c2cc1C. The van der Waals surface area contributed by atoms with Crippen LogP contribution in [0.5, 0.6) is 0 Å². The first-order valence-corrected chi connectivity index (χ1v) is 10.1. The average Bonchev–Trinajstić information content (AvgIpc) is 3.25. The van der Waals surface area contributed by atoms with E-state index < -0.39 is 5.91 Å². The lowest BCUT2D eigenvalue weighted by molar-refractivity contribution is 0.0888. The zero-order valence-electron chi connectivity index (χ0n) is 16.9. The molecule has 0 radical (unpaired) electrons. The van der Waals surface area contributed by atoms with E-state index in [2.05, 4.69) is 10.2 Å². The van der Waals surface area contributed by atoms with Gasteiger partial charge in [0.05, 0.1) is 17.7 Å². The van der Waals surface area contributed by atoms with Crippen LogP contribution in [0.3, 0.4) is 0 Å². The number of aryl methyl sites for hydroxylation is 2. The summed E-state index contributed by atoms with van der Waals surface area (Å²) in [7, 11) is 0. The lowest BCUT2D eigenvalue weighted by Gasteiger charge is -2.33. The number of rotatable bonds is 5. The van der Waals surface area contributed by atoms with Crippen molar-refractivity contribution in [1.82, 2.24) is 10.2 Å². The van der Waals surface area contributed by atoms with Gasteiger partial charge < -0.3 is 14.2 Å². The van der Waals surface area contributed by atoms with Crippen LogP contribution < -0.4 is 10.7 Å². The third-order valence-electron chi connectivity index (χ3n) is 5.73. The highest BCUT2D eigenvalue weighted by atomic mass is 16.3. The van der Waals surface area contributed by atoms with Crippen LogP contribution in [-0.2, 0) is 0 Å². The quantitative estimate of drug-likeness (QED) is 0.709. The molecule has 1 atom stereocenters. The van der Waals surface area contributed by atoms with Crippen LogP contribution >= 0.6 is 0 Å². The maximum Gasteiger partial charge on any atom is 0.287 e. The van der Waals surface area contributed by atoms with E-state index in [-0.39, 0.29) is 17.2 Å². The molecule has 0 spiro atoms. The zero-order chi connectivity index (χ0) is 20.4. The molecule has 1 aliphatic heterocycles. The average molecular weight is 394 g/mol. The van der Waals surface area contributed by atoms with Gasteiger partial charge in [0, 0.05) is 12.6 Å². The van der Waals surface area contributed by atoms with Gasteiger partial charge in [-0.15, -0.1) is 0 Å². The standard InChI is InChI=1S/C23H26N2O4/c1-15-11-17-19(26)13-22(29-21(17)12-16(15)2)23(27)24-14-18(20-7-6-10-28-20)25-8-4-3-5-9-25/h6-7,10-13,18H,3-5,8-9,14H2,1-2H3,(H,24,27)/t18-/m0/s1. The molecule has 1 saturated heterocycles. The molecule has 0 saturated carbocycles. The number of carbonyl (C=O) groups is 1. The van der Waals surface area contributed by atoms with E-state index in [4.69, 9.17) is 8.83 Å². The van der Waals surface area contributed by atoms with Crippen LogP contribution in [0, 0.1) is 13.8 Å². The number of fused-ring (bicyclic) bond motifs is 1. The number of likely N-dealkylation sites (tertiary alicyclic amines) is 1. The number of hydrogen-bond donors (Lipinski definition) is 1. The number of carbonyl (C=O) groups excluding carboxylic acids is 1. The first-order valence-electron chi connectivity index (χ1n) is 10.1. The molecule has 4 rings (SSSR count). The number of furan rings is 1. The van der Waals surface area contributed by atoms with E-state index in [1.165, 1.54) is 12.5 Å². The number of nitrogens with zero attached hydrogens (tertiary/aromatic N) is 1. The summed E-state index contributed by atoms with van der Waals surface area (Å²) in [4.78, 5) is 27.6. The van der Waals surface area contributed by atoms with E-state index in [9.17, 15) is 9.59 Å². The molecule has 1 fully saturated rings. The van der Waals surface area contributed by atoms with Gasteiger partial charge >= 0.3 is 0 Å². The van der Waals surface area contributed by atoms with Crippen LogP contribution in [0.1, 0.15) is 52.7 Å². The second kappa shape index (κ2) is 8.25. The minimum absolute atomic E-state index is 0.0302. The normalized spacial score (nSPS) is 16.1. The second-order valence-corrected chi connectivity index (χ2v) is 7.75. The Morgan fingerprint density at radius 3 is 2.62 bits per heavy atom. The number of benzene rings is 1. The molecule has 0 bridgehead atoms. The summed E-state index contributed by atoms with van der Waals surface area (Å²) >= 11 is 0. The molecule has 0 aliphatic carbocycles. The van der Waals surface area contributed by atoms with Crippen LogP contribution in [0.2, 0.25) is 0 Å². The molecule has 1 N–H and O–H groups in total. The molecule has 1 amide bonds. The Morgan fingerprint density at radius 2 is 1.90 bits per heavy atom. The largest absolute Gasteiger partial charge is 0.468 e. The molecule has 2 aromatic heterocycles. The maximum atomic E-state index is 12.8. The Balaban J connectivity index is 1.55. The molecule has 3 heterocycles. The summed E-state index contributed by atoms with van der Waals surface area (Å²) < 4.78 is 11.4. The number of amides is 1. The highest BCUT2D eigenvalue weighted by Gasteiger charge is 2.25. The van der Waals surface area contributed by atoms with E-state index in [1.807, 2.05) is 38.1 Å². The van der Waals surface area contributed by atoms with Crippen molar-refractivity contribution in [2.24, 2.45) is 0 Å². The fourth-order valence-electron chi connectivity index (χ4n) is 3.92. The first-order chi connectivity index (χ1) is 14.0. The van der Waals surface area contributed by atoms with Gasteiger partial charge in [-0.2, -0.15) is 0 Å². The maximum absolute atomic E-state index is 12.8. The monoisotopic (exact) mass is 394 g/mol. The van der Waals surface area contributed by atoms with Crippen molar-refractivity contribution in [2.75, 3.05) is 19.6 Å². The van der Waals surface area contributed by atoms with Crippen molar-refractivity contribution in [1.29, 1.82) is 0 Å². The Labute approximate surface area is 169 Å². The van der Waals surface area contributed by atoms with Crippen molar-refractivity contribution >= 4 is 16.9 Å². The molecule has 3 aromatic rings. The number of hydrogen-bond acceptors (Lipinski definition) is 5. The highest BCUT2D eigenvalue weighted by Crippen LogP contribution is 2.25. The first kappa shape index (κ1) is 19.5. The predicted octanol–water partition coefficient (Wildman–Crippen LogP) is 3.96. The Hall–Kier alpha value is -2.86. The van der Waals surface area contributed by atoms with Gasteiger partial charge in [0.25, 0.3) is 5.91 Å². The van der Waals surface area contributed by atoms with Crippen molar-refractivity contribution in [3.05, 3.63) is 69.5 Å². The van der Waals surface area contributed by atoms with Gasteiger partial charge in [-0.05, 0) is 75.2 Å². The summed E-state index contributed by atoms with van der Waals surface area (Å²) in [6.45, 7) is 6.25. The van der Waals surface area contributed by atoms with Gasteiger partial charge in [0.15, 0.2) is 11.2 Å². The summed E-state index contributed by atoms with van der Waals surface area (Å²) in [5.74, 6) is 0.469. The number of nitrogens with one attached hydrogen (secondary N) is 1. The molecular formula is C23H26N2O4. The third kappa shape index (κ3) is 4.12. The van der Waals surface area contributed by atoms with E-state index in [0.717, 1.165) is 42.8 Å². The van der Waals surface area contributed by atoms with E-state index in [1.54, 1.807) is 6.26 Å². The van der Waals surface area contributed by atoms with Gasteiger partial charge in [-0.3, -0.25) is 14.5 Å². The predicted molar refractivity (Wildman–Crippen MR) is 111 cm³/mol. The molecule has 1 aliphatic rings. The minimum atomic E-state index is -0.393. The van der Waals surface area contributed by atoms with Crippen molar-refractivity contribution in [2.45, 2.75) is 39.2 Å². The fraction of sp³-hybridized carbons (Fsp3) is 0.391. The Kier molecular flexibility index (Phi) is 5.53. The highest BCUT2D eigenvalue weighted by molar-refractivity contribution is 5.93. The van der Waals surface area contributed by atoms with Gasteiger partial charge in [0.1, 0.15) is 11.3 Å². The molecule has 1 aromatic carbocycles. The van der Waals surface area contributed by atoms with Crippen LogP contribution in [0.25, 0.3) is 11.0 Å². The molecule has 29 heavy (non-hydrogen) atoms. The lowest BCUT2D eigenvalue weighted by Crippen LogP contribution is -2.40. The summed E-state index contributed by atoms with van der Waals surface area (Å²) in [5.41, 5.74) is 2.26. The smallest absolute Gasteiger partial charge is 0.287 e. The van der Waals surface area contributed by atoms with E-state index in [0.29, 0.717) is 17.5 Å². The lowest BCUT2D eigenvalue weighted by atomic mass is 10.1. The fourth-order valence-corrected chi connectivity index (χ4v) is 3.92. The zero-order valence-corrected chi connectivity index (χ0v) is 16.9. The van der Waals surface area contributed by atoms with E-state index >= 15 is 0 Å². The summed E-state index contributed by atoms with van der Waals surface area (Å²) in [5, 5.41) is 3.42. The Morgan fingerprint density at radius 1 is 1.14 bits per heavy atom. The molecule has 6 nitrogen and oxygen atoms in total. The van der Waals surface area contributed by atoms with Gasteiger partial charge in [0.2, 0.25) is 0 Å². The number of piperidine rings is 1. The van der Waals surface area contributed by atoms with Crippen LogP contribution in [0.15, 0.2) is 50.2 Å². The third-order valence-corrected chi connectivity index (χ3v) is 5.73. The van der Waals surface area contributed by atoms with Crippen molar-refractivity contribution in [3.63, 3.8) is 0 Å². The Bertz CT molecular complexity index is 1060. The van der Waals surface area contributed by atoms with Gasteiger partial charge in [-0.25, -0.2) is 0 Å². The topological polar surface area (TPSA) is 75.7 Å². The summed E-state index contributed by atoms with van der Waals surface area (Å²) in [6, 6.07) is 8.65. The van der Waals surface area contributed by atoms with Crippen molar-refractivity contribution < 1.29 is 13.6 Å². The molecule has 6 heteroatoms. The van der Waals surface area contributed by atoms with Crippen LogP contribution in [0.4, 0.5) is 0 Å². The molecular weight excluding hydrogens is 368 g/mol.